The lowest BCUT2D eigenvalue weighted by Crippen LogP contribution is -2.01. The minimum absolute atomic E-state index is 0.000354. The zero-order valence-corrected chi connectivity index (χ0v) is 11.1. The summed E-state index contributed by atoms with van der Waals surface area (Å²) in [7, 11) is 0. The molecule has 5 heteroatoms. The minimum Gasteiger partial charge on any atom is -0.458 e. The van der Waals surface area contributed by atoms with Gasteiger partial charge in [0.05, 0.1) is 4.92 Å². The first-order valence-corrected chi connectivity index (χ1v) is 6.28. The minimum atomic E-state index is -0.495. The fourth-order valence-electron chi connectivity index (χ4n) is 1.69. The van der Waals surface area contributed by atoms with Crippen molar-refractivity contribution in [3.8, 4) is 0 Å². The standard InChI is InChI=1S/C16H13NO4/c18-16(10-9-13-5-2-1-3-6-13)21-12-14-7-4-8-15(11-14)17(19)20/h1-11H,12H2. The van der Waals surface area contributed by atoms with E-state index in [0.29, 0.717) is 5.56 Å². The summed E-state index contributed by atoms with van der Waals surface area (Å²) in [4.78, 5) is 21.7. The van der Waals surface area contributed by atoms with Crippen LogP contribution in [-0.4, -0.2) is 10.9 Å². The fraction of sp³-hybridized carbons (Fsp3) is 0.0625. The van der Waals surface area contributed by atoms with E-state index in [-0.39, 0.29) is 12.3 Å². The lowest BCUT2D eigenvalue weighted by Gasteiger charge is -2.02. The normalized spacial score (nSPS) is 10.5. The first-order valence-electron chi connectivity index (χ1n) is 6.28. The second-order valence-corrected chi connectivity index (χ2v) is 4.28. The SMILES string of the molecule is O=C(C=Cc1ccccc1)OCc1cccc([N+](=O)[O-])c1. The zero-order chi connectivity index (χ0) is 15.1. The molecule has 0 aromatic heterocycles. The van der Waals surface area contributed by atoms with Gasteiger partial charge in [0, 0.05) is 18.2 Å². The number of carbonyl (C=O) groups excluding carboxylic acids is 1. The molecule has 0 aliphatic heterocycles. The molecule has 0 bridgehead atoms. The Kier molecular flexibility index (Phi) is 4.82. The molecule has 2 rings (SSSR count). The fourth-order valence-corrected chi connectivity index (χ4v) is 1.69. The molecule has 0 aliphatic carbocycles. The number of hydrogen-bond donors (Lipinski definition) is 0. The highest BCUT2D eigenvalue weighted by Crippen LogP contribution is 2.13. The summed E-state index contributed by atoms with van der Waals surface area (Å²) in [5.41, 5.74) is 1.44. The number of non-ortho nitro benzene ring substituents is 1. The summed E-state index contributed by atoms with van der Waals surface area (Å²) in [5, 5.41) is 10.6. The van der Waals surface area contributed by atoms with Gasteiger partial charge in [-0.15, -0.1) is 0 Å². The molecule has 0 atom stereocenters. The van der Waals surface area contributed by atoms with Crippen molar-refractivity contribution in [3.63, 3.8) is 0 Å². The predicted molar refractivity (Wildman–Crippen MR) is 78.4 cm³/mol. The Morgan fingerprint density at radius 2 is 1.90 bits per heavy atom. The lowest BCUT2D eigenvalue weighted by molar-refractivity contribution is -0.384. The second-order valence-electron chi connectivity index (χ2n) is 4.28. The molecule has 0 unspecified atom stereocenters. The van der Waals surface area contributed by atoms with Gasteiger partial charge in [-0.25, -0.2) is 4.79 Å². The maximum Gasteiger partial charge on any atom is 0.331 e. The Hall–Kier alpha value is -2.95. The van der Waals surface area contributed by atoms with Crippen LogP contribution in [0.5, 0.6) is 0 Å². The summed E-state index contributed by atoms with van der Waals surface area (Å²) in [5.74, 6) is -0.495. The van der Waals surface area contributed by atoms with E-state index in [0.717, 1.165) is 5.56 Å². The van der Waals surface area contributed by atoms with Gasteiger partial charge < -0.3 is 4.74 Å². The maximum absolute atomic E-state index is 11.6. The molecule has 0 saturated heterocycles. The highest BCUT2D eigenvalue weighted by molar-refractivity contribution is 5.87. The molecule has 0 amide bonds. The highest BCUT2D eigenvalue weighted by Gasteiger charge is 2.06. The lowest BCUT2D eigenvalue weighted by atomic mass is 10.2. The van der Waals surface area contributed by atoms with E-state index in [9.17, 15) is 14.9 Å². The predicted octanol–water partition coefficient (Wildman–Crippen LogP) is 3.35. The number of hydrogen-bond acceptors (Lipinski definition) is 4. The monoisotopic (exact) mass is 283 g/mol. The molecule has 106 valence electrons. The first kappa shape index (κ1) is 14.5. The topological polar surface area (TPSA) is 69.4 Å². The third kappa shape index (κ3) is 4.58. The number of nitro benzene ring substituents is 1. The van der Waals surface area contributed by atoms with Crippen molar-refractivity contribution in [3.05, 3.63) is 81.9 Å². The number of rotatable bonds is 5. The van der Waals surface area contributed by atoms with Crippen molar-refractivity contribution < 1.29 is 14.5 Å². The molecule has 0 saturated carbocycles. The van der Waals surface area contributed by atoms with Gasteiger partial charge in [0.25, 0.3) is 5.69 Å². The van der Waals surface area contributed by atoms with Gasteiger partial charge in [0.2, 0.25) is 0 Å². The summed E-state index contributed by atoms with van der Waals surface area (Å²) < 4.78 is 5.04. The first-order chi connectivity index (χ1) is 10.1. The molecule has 0 heterocycles. The van der Waals surface area contributed by atoms with E-state index in [1.54, 1.807) is 18.2 Å². The van der Waals surface area contributed by atoms with Crippen molar-refractivity contribution in [1.29, 1.82) is 0 Å². The molecule has 2 aromatic carbocycles. The van der Waals surface area contributed by atoms with Gasteiger partial charge in [-0.2, -0.15) is 0 Å². The number of ether oxygens (including phenoxy) is 1. The third-order valence-corrected chi connectivity index (χ3v) is 2.71. The van der Waals surface area contributed by atoms with Crippen LogP contribution in [0.15, 0.2) is 60.7 Å². The van der Waals surface area contributed by atoms with Crippen LogP contribution < -0.4 is 0 Å². The van der Waals surface area contributed by atoms with E-state index < -0.39 is 10.9 Å². The molecule has 0 fully saturated rings. The second kappa shape index (κ2) is 7.00. The number of carbonyl (C=O) groups is 1. The zero-order valence-electron chi connectivity index (χ0n) is 11.1. The van der Waals surface area contributed by atoms with Gasteiger partial charge in [-0.05, 0) is 17.2 Å². The quantitative estimate of drug-likeness (QED) is 0.365. The molecule has 5 nitrogen and oxygen atoms in total. The third-order valence-electron chi connectivity index (χ3n) is 2.71. The Bertz CT molecular complexity index is 665. The van der Waals surface area contributed by atoms with Gasteiger partial charge >= 0.3 is 5.97 Å². The van der Waals surface area contributed by atoms with Gasteiger partial charge in [-0.1, -0.05) is 42.5 Å². The van der Waals surface area contributed by atoms with E-state index in [1.165, 1.54) is 18.2 Å². The number of benzene rings is 2. The van der Waals surface area contributed by atoms with Crippen molar-refractivity contribution in [2.75, 3.05) is 0 Å². The Morgan fingerprint density at radius 1 is 1.14 bits per heavy atom. The maximum atomic E-state index is 11.6. The molecule has 0 spiro atoms. The molecule has 0 aliphatic rings. The van der Waals surface area contributed by atoms with Crippen molar-refractivity contribution in [2.45, 2.75) is 6.61 Å². The Labute approximate surface area is 121 Å². The van der Waals surface area contributed by atoms with Crippen LogP contribution in [-0.2, 0) is 16.1 Å². The number of nitro groups is 1. The Balaban J connectivity index is 1.91. The number of nitrogens with zero attached hydrogens (tertiary/aromatic N) is 1. The molecule has 0 N–H and O–H groups in total. The number of esters is 1. The summed E-state index contributed by atoms with van der Waals surface area (Å²) in [6.45, 7) is -0.000354. The van der Waals surface area contributed by atoms with Crippen LogP contribution in [0.1, 0.15) is 11.1 Å². The van der Waals surface area contributed by atoms with Crippen LogP contribution >= 0.6 is 0 Å². The van der Waals surface area contributed by atoms with Crippen LogP contribution in [0.4, 0.5) is 5.69 Å². The van der Waals surface area contributed by atoms with Crippen LogP contribution in [0, 0.1) is 10.1 Å². The van der Waals surface area contributed by atoms with Crippen LogP contribution in [0.2, 0.25) is 0 Å². The molecule has 2 aromatic rings. The van der Waals surface area contributed by atoms with Gasteiger partial charge in [-0.3, -0.25) is 10.1 Å². The van der Waals surface area contributed by atoms with E-state index in [2.05, 4.69) is 0 Å². The van der Waals surface area contributed by atoms with Gasteiger partial charge in [0.15, 0.2) is 0 Å². The molecular weight excluding hydrogens is 270 g/mol. The smallest absolute Gasteiger partial charge is 0.331 e. The summed E-state index contributed by atoms with van der Waals surface area (Å²) in [6, 6.07) is 15.4. The average molecular weight is 283 g/mol. The van der Waals surface area contributed by atoms with Crippen molar-refractivity contribution in [1.82, 2.24) is 0 Å². The summed E-state index contributed by atoms with van der Waals surface area (Å²) in [6.07, 6.45) is 2.97. The van der Waals surface area contributed by atoms with E-state index in [4.69, 9.17) is 4.74 Å². The average Bonchev–Trinajstić information content (AvgIpc) is 2.52. The largest absolute Gasteiger partial charge is 0.458 e. The van der Waals surface area contributed by atoms with E-state index in [1.807, 2.05) is 30.3 Å². The van der Waals surface area contributed by atoms with Crippen molar-refractivity contribution >= 4 is 17.7 Å². The van der Waals surface area contributed by atoms with E-state index >= 15 is 0 Å². The highest BCUT2D eigenvalue weighted by atomic mass is 16.6. The van der Waals surface area contributed by atoms with Crippen molar-refractivity contribution in [2.24, 2.45) is 0 Å². The Morgan fingerprint density at radius 3 is 2.62 bits per heavy atom. The van der Waals surface area contributed by atoms with Crippen LogP contribution in [0.3, 0.4) is 0 Å². The molecular formula is C16H13NO4. The van der Waals surface area contributed by atoms with Crippen LogP contribution in [0.25, 0.3) is 6.08 Å². The summed E-state index contributed by atoms with van der Waals surface area (Å²) >= 11 is 0. The molecule has 0 radical (unpaired) electrons. The van der Waals surface area contributed by atoms with Gasteiger partial charge in [0.1, 0.15) is 6.61 Å². The molecule has 21 heavy (non-hydrogen) atoms.